The van der Waals surface area contributed by atoms with Gasteiger partial charge in [0.2, 0.25) is 0 Å². The van der Waals surface area contributed by atoms with Gasteiger partial charge in [0.15, 0.2) is 5.84 Å². The minimum atomic E-state index is -0.384. The van der Waals surface area contributed by atoms with Gasteiger partial charge in [-0.15, -0.1) is 0 Å². The number of nitrogens with zero attached hydrogens (tertiary/aromatic N) is 1. The molecule has 0 heterocycles. The molecule has 3 N–H and O–H groups in total. The summed E-state index contributed by atoms with van der Waals surface area (Å²) in [5.74, 6) is 0.349. The number of nitrogens with two attached hydrogens (primary N) is 1. The second kappa shape index (κ2) is 6.23. The van der Waals surface area contributed by atoms with Gasteiger partial charge in [-0.1, -0.05) is 21.1 Å². The van der Waals surface area contributed by atoms with E-state index in [2.05, 4.69) is 37.0 Å². The van der Waals surface area contributed by atoms with Crippen molar-refractivity contribution in [3.63, 3.8) is 0 Å². The number of rotatable bonds is 3. The van der Waals surface area contributed by atoms with Gasteiger partial charge in [0.25, 0.3) is 0 Å². The molecular weight excluding hydrogens is 395 g/mol. The molecule has 4 nitrogen and oxygen atoms in total. The summed E-state index contributed by atoms with van der Waals surface area (Å²) in [6.07, 6.45) is 0. The Morgan fingerprint density at radius 2 is 1.95 bits per heavy atom. The van der Waals surface area contributed by atoms with Crippen LogP contribution >= 0.6 is 31.9 Å². The maximum absolute atomic E-state index is 13.2. The van der Waals surface area contributed by atoms with Gasteiger partial charge in [-0.05, 0) is 52.3 Å². The smallest absolute Gasteiger partial charge is 0.173 e. The molecule has 7 heteroatoms. The summed E-state index contributed by atoms with van der Waals surface area (Å²) in [4.78, 5) is 0. The fourth-order valence-corrected chi connectivity index (χ4v) is 2.23. The van der Waals surface area contributed by atoms with Crippen molar-refractivity contribution in [2.24, 2.45) is 10.9 Å². The third-order valence-electron chi connectivity index (χ3n) is 2.44. The molecule has 2 rings (SSSR count). The van der Waals surface area contributed by atoms with E-state index >= 15 is 0 Å². The zero-order valence-corrected chi connectivity index (χ0v) is 13.2. The molecule has 0 unspecified atom stereocenters. The molecule has 0 amide bonds. The van der Waals surface area contributed by atoms with Crippen LogP contribution in [0.3, 0.4) is 0 Å². The first kappa shape index (κ1) is 14.8. The van der Waals surface area contributed by atoms with Crippen LogP contribution in [0.2, 0.25) is 0 Å². The number of amidine groups is 1. The summed E-state index contributed by atoms with van der Waals surface area (Å²) in [5, 5.41) is 11.7. The van der Waals surface area contributed by atoms with Crippen molar-refractivity contribution in [2.45, 2.75) is 0 Å². The quantitative estimate of drug-likeness (QED) is 0.348. The van der Waals surface area contributed by atoms with E-state index in [0.29, 0.717) is 17.1 Å². The number of benzene rings is 2. The normalized spacial score (nSPS) is 11.4. The van der Waals surface area contributed by atoms with Crippen LogP contribution in [0, 0.1) is 5.82 Å². The van der Waals surface area contributed by atoms with Crippen molar-refractivity contribution in [3.05, 3.63) is 56.7 Å². The SMILES string of the molecule is N/C(=N/O)c1cc(Br)ccc1Oc1ccc(F)c(Br)c1. The van der Waals surface area contributed by atoms with Crippen molar-refractivity contribution in [2.75, 3.05) is 0 Å². The van der Waals surface area contributed by atoms with E-state index < -0.39 is 0 Å². The lowest BCUT2D eigenvalue weighted by atomic mass is 10.2. The topological polar surface area (TPSA) is 67.8 Å². The zero-order valence-electron chi connectivity index (χ0n) is 9.98. The molecule has 0 aliphatic heterocycles. The average Bonchev–Trinajstić information content (AvgIpc) is 2.44. The summed E-state index contributed by atoms with van der Waals surface area (Å²) < 4.78 is 19.9. The molecule has 0 radical (unpaired) electrons. The molecule has 0 saturated heterocycles. The third-order valence-corrected chi connectivity index (χ3v) is 3.55. The minimum absolute atomic E-state index is 0.0810. The van der Waals surface area contributed by atoms with Gasteiger partial charge >= 0.3 is 0 Å². The van der Waals surface area contributed by atoms with Crippen molar-refractivity contribution < 1.29 is 14.3 Å². The lowest BCUT2D eigenvalue weighted by molar-refractivity contribution is 0.318. The summed E-state index contributed by atoms with van der Waals surface area (Å²) in [6.45, 7) is 0. The van der Waals surface area contributed by atoms with Crippen molar-refractivity contribution in [1.82, 2.24) is 0 Å². The zero-order chi connectivity index (χ0) is 14.7. The highest BCUT2D eigenvalue weighted by Crippen LogP contribution is 2.30. The fourth-order valence-electron chi connectivity index (χ4n) is 1.51. The molecule has 0 bridgehead atoms. The molecule has 0 aliphatic rings. The largest absolute Gasteiger partial charge is 0.457 e. The Balaban J connectivity index is 2.40. The van der Waals surface area contributed by atoms with E-state index in [4.69, 9.17) is 15.7 Å². The molecule has 104 valence electrons. The third kappa shape index (κ3) is 3.29. The molecule has 0 aliphatic carbocycles. The Morgan fingerprint density at radius 1 is 1.20 bits per heavy atom. The van der Waals surface area contributed by atoms with E-state index in [1.54, 1.807) is 18.2 Å². The molecule has 0 atom stereocenters. The van der Waals surface area contributed by atoms with Crippen molar-refractivity contribution in [1.29, 1.82) is 0 Å². The molecule has 0 spiro atoms. The summed E-state index contributed by atoms with van der Waals surface area (Å²) in [6, 6.07) is 9.33. The first-order valence-electron chi connectivity index (χ1n) is 5.41. The first-order valence-corrected chi connectivity index (χ1v) is 7.00. The first-order chi connectivity index (χ1) is 9.51. The predicted molar refractivity (Wildman–Crippen MR) is 80.8 cm³/mol. The number of hydrogen-bond donors (Lipinski definition) is 2. The molecule has 0 saturated carbocycles. The van der Waals surface area contributed by atoms with Gasteiger partial charge in [-0.25, -0.2) is 4.39 Å². The Labute approximate surface area is 131 Å². The maximum atomic E-state index is 13.2. The second-order valence-corrected chi connectivity index (χ2v) is 5.57. The molecule has 2 aromatic carbocycles. The van der Waals surface area contributed by atoms with Gasteiger partial charge < -0.3 is 15.7 Å². The number of oxime groups is 1. The van der Waals surface area contributed by atoms with Gasteiger partial charge in [0.05, 0.1) is 10.0 Å². The molecular formula is C13H9Br2FN2O2. The lowest BCUT2D eigenvalue weighted by Gasteiger charge is -2.11. The Kier molecular flexibility index (Phi) is 4.61. The molecule has 2 aromatic rings. The van der Waals surface area contributed by atoms with E-state index in [1.807, 2.05) is 0 Å². The Hall–Kier alpha value is -1.60. The Bertz CT molecular complexity index is 677. The van der Waals surface area contributed by atoms with Crippen LogP contribution in [-0.4, -0.2) is 11.0 Å². The summed E-state index contributed by atoms with van der Waals surface area (Å²) in [5.41, 5.74) is 6.02. The fraction of sp³-hybridized carbons (Fsp3) is 0. The van der Waals surface area contributed by atoms with Crippen molar-refractivity contribution in [3.8, 4) is 11.5 Å². The van der Waals surface area contributed by atoms with E-state index in [0.717, 1.165) is 4.47 Å². The second-order valence-electron chi connectivity index (χ2n) is 3.80. The summed E-state index contributed by atoms with van der Waals surface area (Å²) in [7, 11) is 0. The minimum Gasteiger partial charge on any atom is -0.457 e. The predicted octanol–water partition coefficient (Wildman–Crippen LogP) is 4.24. The van der Waals surface area contributed by atoms with Gasteiger partial charge in [-0.2, -0.15) is 0 Å². The van der Waals surface area contributed by atoms with Crippen LogP contribution < -0.4 is 10.5 Å². The van der Waals surface area contributed by atoms with Crippen LogP contribution in [0.25, 0.3) is 0 Å². The molecule has 0 fully saturated rings. The molecule has 20 heavy (non-hydrogen) atoms. The van der Waals surface area contributed by atoms with Crippen LogP contribution in [0.15, 0.2) is 50.5 Å². The van der Waals surface area contributed by atoms with Crippen LogP contribution in [-0.2, 0) is 0 Å². The highest BCUT2D eigenvalue weighted by molar-refractivity contribution is 9.10. The van der Waals surface area contributed by atoms with E-state index in [1.165, 1.54) is 18.2 Å². The van der Waals surface area contributed by atoms with Gasteiger partial charge in [-0.3, -0.25) is 0 Å². The van der Waals surface area contributed by atoms with Crippen LogP contribution in [0.5, 0.6) is 11.5 Å². The van der Waals surface area contributed by atoms with E-state index in [9.17, 15) is 4.39 Å². The molecule has 0 aromatic heterocycles. The Morgan fingerprint density at radius 3 is 2.60 bits per heavy atom. The van der Waals surface area contributed by atoms with Gasteiger partial charge in [0.1, 0.15) is 17.3 Å². The highest BCUT2D eigenvalue weighted by Gasteiger charge is 2.11. The standard InChI is InChI=1S/C13H9Br2FN2O2/c14-7-1-4-12(9(5-7)13(17)18-19)20-8-2-3-11(16)10(15)6-8/h1-6,19H,(H2,17,18). The average molecular weight is 404 g/mol. The monoisotopic (exact) mass is 402 g/mol. The van der Waals surface area contributed by atoms with Gasteiger partial charge in [0, 0.05) is 4.47 Å². The van der Waals surface area contributed by atoms with Crippen LogP contribution in [0.1, 0.15) is 5.56 Å². The highest BCUT2D eigenvalue weighted by atomic mass is 79.9. The van der Waals surface area contributed by atoms with Crippen molar-refractivity contribution >= 4 is 37.7 Å². The number of ether oxygens (including phenoxy) is 1. The number of hydrogen-bond acceptors (Lipinski definition) is 3. The number of halogens is 3. The van der Waals surface area contributed by atoms with E-state index in [-0.39, 0.29) is 16.1 Å². The summed E-state index contributed by atoms with van der Waals surface area (Å²) >= 11 is 6.38. The lowest BCUT2D eigenvalue weighted by Crippen LogP contribution is -2.14. The maximum Gasteiger partial charge on any atom is 0.173 e. The van der Waals surface area contributed by atoms with Crippen LogP contribution in [0.4, 0.5) is 4.39 Å².